The average molecular weight is 618 g/mol. The van der Waals surface area contributed by atoms with Crippen molar-refractivity contribution in [2.24, 2.45) is 5.92 Å². The van der Waals surface area contributed by atoms with E-state index in [2.05, 4.69) is 90.1 Å². The van der Waals surface area contributed by atoms with Crippen LogP contribution in [0.15, 0.2) is 51.8 Å². The van der Waals surface area contributed by atoms with Gasteiger partial charge in [0.25, 0.3) is 0 Å². The summed E-state index contributed by atoms with van der Waals surface area (Å²) in [5, 5.41) is 0. The molecule has 0 aromatic heterocycles. The quantitative estimate of drug-likeness (QED) is 0.273. The van der Waals surface area contributed by atoms with Crippen molar-refractivity contribution >= 4 is 32.3 Å². The number of benzene rings is 2. The Morgan fingerprint density at radius 1 is 0.865 bits per heavy atom. The molecule has 37 heavy (non-hydrogen) atoms. The molecule has 0 N–H and O–H groups in total. The first kappa shape index (κ1) is 30.8. The van der Waals surface area contributed by atoms with Crippen LogP contribution in [0, 0.1) is 5.92 Å². The first-order valence-corrected chi connectivity index (χ1v) is 19.9. The van der Waals surface area contributed by atoms with E-state index in [1.54, 1.807) is 17.7 Å². The third-order valence-electron chi connectivity index (χ3n) is 8.98. The molecule has 0 radical (unpaired) electrons. The molecular formula is C34H47Cl2Zr. The van der Waals surface area contributed by atoms with Crippen molar-refractivity contribution in [2.45, 2.75) is 101 Å². The average Bonchev–Trinajstić information content (AvgIpc) is 3.46. The summed E-state index contributed by atoms with van der Waals surface area (Å²) < 4.78 is 10.3. The van der Waals surface area contributed by atoms with Crippen molar-refractivity contribution in [1.82, 2.24) is 0 Å². The van der Waals surface area contributed by atoms with Crippen molar-refractivity contribution < 1.29 is 19.8 Å². The Morgan fingerprint density at radius 2 is 1.54 bits per heavy atom. The van der Waals surface area contributed by atoms with Gasteiger partial charge in [-0.05, 0) is 0 Å². The van der Waals surface area contributed by atoms with Crippen molar-refractivity contribution in [3.8, 4) is 11.1 Å². The van der Waals surface area contributed by atoms with Crippen LogP contribution in [-0.4, -0.2) is 4.21 Å². The molecule has 3 heteroatoms. The summed E-state index contributed by atoms with van der Waals surface area (Å²) in [7, 11) is 0. The fourth-order valence-corrected chi connectivity index (χ4v) is 19.0. The second kappa shape index (κ2) is 11.4. The van der Waals surface area contributed by atoms with Gasteiger partial charge in [-0.3, -0.25) is 0 Å². The van der Waals surface area contributed by atoms with Crippen molar-refractivity contribution in [3.05, 3.63) is 74.1 Å². The topological polar surface area (TPSA) is 0 Å². The third kappa shape index (κ3) is 5.90. The van der Waals surface area contributed by atoms with Crippen molar-refractivity contribution in [2.75, 3.05) is 0 Å². The van der Waals surface area contributed by atoms with Gasteiger partial charge >= 0.3 is 220 Å². The molecule has 0 aliphatic heterocycles. The van der Waals surface area contributed by atoms with E-state index >= 15 is 0 Å². The van der Waals surface area contributed by atoms with Gasteiger partial charge in [0.15, 0.2) is 0 Å². The second-order valence-electron chi connectivity index (χ2n) is 13.7. The van der Waals surface area contributed by atoms with Crippen LogP contribution in [0.5, 0.6) is 0 Å². The minimum absolute atomic E-state index is 0. The molecule has 0 spiro atoms. The molecule has 0 amide bonds. The van der Waals surface area contributed by atoms with E-state index in [4.69, 9.17) is 4.21 Å². The van der Waals surface area contributed by atoms with Gasteiger partial charge in [0, 0.05) is 0 Å². The second-order valence-corrected chi connectivity index (χ2v) is 22.8. The Labute approximate surface area is 243 Å². The summed E-state index contributed by atoms with van der Waals surface area (Å²) in [5.41, 5.74) is 9.51. The van der Waals surface area contributed by atoms with Crippen LogP contribution in [0.3, 0.4) is 0 Å². The van der Waals surface area contributed by atoms with Crippen LogP contribution in [0.4, 0.5) is 0 Å². The van der Waals surface area contributed by atoms with Crippen LogP contribution in [0.2, 0.25) is 4.13 Å². The Morgan fingerprint density at radius 3 is 2.14 bits per heavy atom. The van der Waals surface area contributed by atoms with Gasteiger partial charge in [0.05, 0.1) is 0 Å². The molecule has 3 aliphatic carbocycles. The number of allylic oxidation sites excluding steroid dienone is 4. The van der Waals surface area contributed by atoms with E-state index < -0.39 is 19.8 Å². The summed E-state index contributed by atoms with van der Waals surface area (Å²) in [6.45, 7) is 14.3. The van der Waals surface area contributed by atoms with E-state index in [0.717, 1.165) is 18.8 Å². The fraction of sp³-hybridized carbons (Fsp3) is 0.500. The Kier molecular flexibility index (Phi) is 9.48. The molecule has 3 aliphatic rings. The van der Waals surface area contributed by atoms with Crippen molar-refractivity contribution in [1.29, 1.82) is 0 Å². The summed E-state index contributed by atoms with van der Waals surface area (Å²) in [5.74, 6) is 0.874. The van der Waals surface area contributed by atoms with Crippen LogP contribution in [0.1, 0.15) is 102 Å². The zero-order chi connectivity index (χ0) is 25.0. The first-order chi connectivity index (χ1) is 16.5. The summed E-state index contributed by atoms with van der Waals surface area (Å²) in [6, 6.07) is 12.3. The fourth-order valence-electron chi connectivity index (χ4n) is 6.99. The van der Waals surface area contributed by atoms with Crippen LogP contribution >= 0.6 is 24.8 Å². The van der Waals surface area contributed by atoms with Gasteiger partial charge in [-0.25, -0.2) is 0 Å². The number of hydrogen-bond acceptors (Lipinski definition) is 0. The molecule has 1 atom stereocenters. The standard InChI is InChI=1S/C21H25.C7H13.C5H5.CH2.2ClH.Zr/c1-20(2,3)16-7-9-18-14(12-16)11-15-13-17(21(4,5)6)8-10-19(15)18;1-7-5-3-2-4-6-7;1-2-4-5-3-1;;;;/h7-10,12H,11H2,1-6H3;7H,1-6H2;1-3H,4H2;1H2;2*1H;. The molecule has 0 bridgehead atoms. The summed E-state index contributed by atoms with van der Waals surface area (Å²) in [6.07, 6.45) is 16.5. The molecule has 5 rings (SSSR count). The van der Waals surface area contributed by atoms with E-state index in [9.17, 15) is 0 Å². The number of hydrogen-bond donors (Lipinski definition) is 0. The zero-order valence-corrected chi connectivity index (χ0v) is 28.0. The number of halogens is 2. The predicted octanol–water partition coefficient (Wildman–Crippen LogP) is 9.75. The number of rotatable bonds is 4. The monoisotopic (exact) mass is 615 g/mol. The van der Waals surface area contributed by atoms with Gasteiger partial charge in [0.2, 0.25) is 0 Å². The minimum atomic E-state index is -3.14. The zero-order valence-electron chi connectivity index (χ0n) is 23.9. The predicted molar refractivity (Wildman–Crippen MR) is 167 cm³/mol. The normalized spacial score (nSPS) is 18.8. The van der Waals surface area contributed by atoms with Gasteiger partial charge in [0.1, 0.15) is 0 Å². The Bertz CT molecular complexity index is 1240. The van der Waals surface area contributed by atoms with Gasteiger partial charge in [-0.2, -0.15) is 0 Å². The van der Waals surface area contributed by atoms with E-state index in [-0.39, 0.29) is 35.6 Å². The van der Waals surface area contributed by atoms with E-state index in [1.165, 1.54) is 58.5 Å². The van der Waals surface area contributed by atoms with Crippen LogP contribution in [-0.2, 0) is 37.0 Å². The molecule has 201 valence electrons. The molecule has 1 unspecified atom stereocenters. The van der Waals surface area contributed by atoms with Gasteiger partial charge in [-0.15, -0.1) is 24.8 Å². The molecule has 2 aromatic rings. The number of fused-ring (bicyclic) bond motifs is 3. The maximum absolute atomic E-state index is 5.39. The summed E-state index contributed by atoms with van der Waals surface area (Å²) in [4.78, 5) is 0. The third-order valence-corrected chi connectivity index (χ3v) is 19.8. The van der Waals surface area contributed by atoms with Crippen LogP contribution < -0.4 is 3.27 Å². The van der Waals surface area contributed by atoms with Crippen molar-refractivity contribution in [3.63, 3.8) is 0 Å². The molecule has 0 saturated heterocycles. The summed E-state index contributed by atoms with van der Waals surface area (Å²) >= 11 is -3.14. The SMILES string of the molecule is Cl.Cl.[CH2]=[Zr]([CH2]C1CCCCC1)([C]1=CC=CC1)[c]1c(C(C)(C)C)ccc2c1Cc1cc(C(C)(C)C)ccc1-2. The van der Waals surface area contributed by atoms with Crippen LogP contribution in [0.25, 0.3) is 11.1 Å². The molecule has 2 aromatic carbocycles. The van der Waals surface area contributed by atoms with E-state index in [1.807, 2.05) is 0 Å². The van der Waals surface area contributed by atoms with Gasteiger partial charge in [-0.1, -0.05) is 0 Å². The molecule has 0 heterocycles. The molecule has 0 nitrogen and oxygen atoms in total. The Hall–Kier alpha value is -0.747. The van der Waals surface area contributed by atoms with Gasteiger partial charge < -0.3 is 0 Å². The van der Waals surface area contributed by atoms with E-state index in [0.29, 0.717) is 0 Å². The Balaban J connectivity index is 0.00000190. The molecule has 1 fully saturated rings. The molecule has 1 saturated carbocycles. The first-order valence-electron chi connectivity index (χ1n) is 14.0. The maximum atomic E-state index is 5.39. The molecular weight excluding hydrogens is 571 g/mol.